The van der Waals surface area contributed by atoms with E-state index in [0.717, 1.165) is 5.75 Å². The molecule has 0 aromatic heterocycles. The van der Waals surface area contributed by atoms with Crippen molar-refractivity contribution in [2.24, 2.45) is 0 Å². The van der Waals surface area contributed by atoms with Crippen LogP contribution in [0, 0.1) is 0 Å². The molecule has 0 spiro atoms. The Kier molecular flexibility index (Phi) is 10.8. The zero-order valence-corrected chi connectivity index (χ0v) is 15.3. The Balaban J connectivity index is 4.14. The number of carbonyl (C=O) groups excluding carboxylic acids is 2. The van der Waals surface area contributed by atoms with Crippen LogP contribution in [-0.2, 0) is 14.3 Å². The number of carbonyl (C=O) groups is 2. The van der Waals surface area contributed by atoms with E-state index in [0.29, 0.717) is 32.5 Å². The van der Waals surface area contributed by atoms with Gasteiger partial charge in [0.2, 0.25) is 0 Å². The number of esters is 1. The number of ether oxygens (including phenoxy) is 2. The second kappa shape index (κ2) is 11.1. The molecule has 0 aliphatic rings. The van der Waals surface area contributed by atoms with Gasteiger partial charge in [-0.05, 0) is 13.3 Å². The molecule has 0 saturated carbocycles. The first-order valence-corrected chi connectivity index (χ1v) is 9.41. The van der Waals surface area contributed by atoms with Crippen molar-refractivity contribution in [3.8, 4) is 0 Å². The van der Waals surface area contributed by atoms with Crippen LogP contribution in [0.25, 0.3) is 0 Å². The summed E-state index contributed by atoms with van der Waals surface area (Å²) in [5, 5.41) is 0. The lowest BCUT2D eigenvalue weighted by Gasteiger charge is -2.22. The van der Waals surface area contributed by atoms with Crippen molar-refractivity contribution >= 4 is 33.7 Å². The first-order valence-electron chi connectivity index (χ1n) is 7.09. The molecular formula is C14H27NO4S2. The number of amides is 1. The molecule has 7 heteroatoms. The van der Waals surface area contributed by atoms with Gasteiger partial charge in [0.15, 0.2) is 0 Å². The Morgan fingerprint density at radius 3 is 2.38 bits per heavy atom. The Labute approximate surface area is 135 Å². The molecule has 0 bridgehead atoms. The highest BCUT2D eigenvalue weighted by Crippen LogP contribution is 2.34. The third-order valence-electron chi connectivity index (χ3n) is 2.32. The smallest absolute Gasteiger partial charge is 0.409 e. The maximum atomic E-state index is 11.9. The van der Waals surface area contributed by atoms with E-state index in [2.05, 4.69) is 25.5 Å². The van der Waals surface area contributed by atoms with Crippen molar-refractivity contribution in [3.63, 3.8) is 0 Å². The average Bonchev–Trinajstić information content (AvgIpc) is 2.40. The topological polar surface area (TPSA) is 55.8 Å². The van der Waals surface area contributed by atoms with E-state index in [1.54, 1.807) is 33.4 Å². The molecule has 0 aliphatic carbocycles. The molecule has 0 heterocycles. The highest BCUT2D eigenvalue weighted by atomic mass is 33.1. The minimum Gasteiger partial charge on any atom is -0.469 e. The van der Waals surface area contributed by atoms with Gasteiger partial charge >= 0.3 is 12.1 Å². The largest absolute Gasteiger partial charge is 0.469 e. The van der Waals surface area contributed by atoms with Crippen LogP contribution in [0.15, 0.2) is 0 Å². The van der Waals surface area contributed by atoms with Crippen LogP contribution >= 0.6 is 21.6 Å². The molecular weight excluding hydrogens is 310 g/mol. The summed E-state index contributed by atoms with van der Waals surface area (Å²) in [4.78, 5) is 24.6. The van der Waals surface area contributed by atoms with Crippen molar-refractivity contribution < 1.29 is 19.1 Å². The fraction of sp³-hybridized carbons (Fsp3) is 0.857. The summed E-state index contributed by atoms with van der Waals surface area (Å²) in [5.41, 5.74) is 0. The molecule has 0 aromatic carbocycles. The molecule has 1 amide bonds. The summed E-state index contributed by atoms with van der Waals surface area (Å²) >= 11 is 0. The lowest BCUT2D eigenvalue weighted by molar-refractivity contribution is -0.140. The van der Waals surface area contributed by atoms with E-state index < -0.39 is 0 Å². The van der Waals surface area contributed by atoms with Gasteiger partial charge in [-0.1, -0.05) is 42.4 Å². The SMILES string of the molecule is CCOC(=O)N(CCCC(=O)OC)CCSSC(C)(C)C. The third kappa shape index (κ3) is 11.7. The van der Waals surface area contributed by atoms with Crippen molar-refractivity contribution in [1.29, 1.82) is 0 Å². The summed E-state index contributed by atoms with van der Waals surface area (Å²) in [6, 6.07) is 0. The van der Waals surface area contributed by atoms with Crippen LogP contribution in [-0.4, -0.2) is 54.3 Å². The van der Waals surface area contributed by atoms with Crippen LogP contribution < -0.4 is 0 Å². The first-order chi connectivity index (χ1) is 9.80. The van der Waals surface area contributed by atoms with Gasteiger partial charge in [0.05, 0.1) is 13.7 Å². The number of hydrogen-bond acceptors (Lipinski definition) is 6. The van der Waals surface area contributed by atoms with Crippen LogP contribution in [0.2, 0.25) is 0 Å². The van der Waals surface area contributed by atoms with Crippen molar-refractivity contribution in [2.75, 3.05) is 32.6 Å². The molecule has 0 aromatic rings. The van der Waals surface area contributed by atoms with E-state index in [1.165, 1.54) is 7.11 Å². The van der Waals surface area contributed by atoms with E-state index in [9.17, 15) is 9.59 Å². The highest BCUT2D eigenvalue weighted by molar-refractivity contribution is 8.77. The quantitative estimate of drug-likeness (QED) is 0.364. The Morgan fingerprint density at radius 2 is 1.86 bits per heavy atom. The maximum Gasteiger partial charge on any atom is 0.409 e. The van der Waals surface area contributed by atoms with Gasteiger partial charge in [0.25, 0.3) is 0 Å². The monoisotopic (exact) mass is 337 g/mol. The predicted octanol–water partition coefficient (Wildman–Crippen LogP) is 3.58. The summed E-state index contributed by atoms with van der Waals surface area (Å²) < 4.78 is 9.83. The van der Waals surface area contributed by atoms with Crippen molar-refractivity contribution in [2.45, 2.75) is 45.3 Å². The molecule has 0 aliphatic heterocycles. The van der Waals surface area contributed by atoms with Gasteiger partial charge in [0, 0.05) is 30.0 Å². The fourth-order valence-electron chi connectivity index (χ4n) is 1.39. The van der Waals surface area contributed by atoms with E-state index in [4.69, 9.17) is 4.74 Å². The van der Waals surface area contributed by atoms with Gasteiger partial charge in [-0.2, -0.15) is 0 Å². The van der Waals surface area contributed by atoms with E-state index in [1.807, 2.05) is 0 Å². The minimum absolute atomic E-state index is 0.199. The molecule has 21 heavy (non-hydrogen) atoms. The molecule has 124 valence electrons. The molecule has 0 saturated heterocycles. The zero-order valence-electron chi connectivity index (χ0n) is 13.6. The van der Waals surface area contributed by atoms with Crippen LogP contribution in [0.4, 0.5) is 4.79 Å². The van der Waals surface area contributed by atoms with Gasteiger partial charge in [-0.3, -0.25) is 4.79 Å². The zero-order chi connectivity index (χ0) is 16.3. The summed E-state index contributed by atoms with van der Waals surface area (Å²) in [5.74, 6) is 0.579. The van der Waals surface area contributed by atoms with Crippen molar-refractivity contribution in [1.82, 2.24) is 4.90 Å². The minimum atomic E-state index is -0.316. The summed E-state index contributed by atoms with van der Waals surface area (Å²) in [7, 11) is 4.91. The van der Waals surface area contributed by atoms with E-state index >= 15 is 0 Å². The molecule has 0 atom stereocenters. The number of hydrogen-bond donors (Lipinski definition) is 0. The van der Waals surface area contributed by atoms with Gasteiger partial charge in [-0.25, -0.2) is 4.79 Å². The Bertz CT molecular complexity index is 319. The predicted molar refractivity (Wildman–Crippen MR) is 89.6 cm³/mol. The normalized spacial score (nSPS) is 11.1. The van der Waals surface area contributed by atoms with Gasteiger partial charge < -0.3 is 14.4 Å². The molecule has 5 nitrogen and oxygen atoms in total. The van der Waals surface area contributed by atoms with Crippen LogP contribution in [0.3, 0.4) is 0 Å². The lowest BCUT2D eigenvalue weighted by atomic mass is 10.3. The summed E-state index contributed by atoms with van der Waals surface area (Å²) in [6.45, 7) is 9.74. The van der Waals surface area contributed by atoms with Crippen LogP contribution in [0.5, 0.6) is 0 Å². The standard InChI is InChI=1S/C14H27NO4S2/c1-6-19-13(17)15(9-7-8-12(16)18-5)10-11-20-21-14(2,3)4/h6-11H2,1-5H3. The number of nitrogens with zero attached hydrogens (tertiary/aromatic N) is 1. The number of rotatable bonds is 9. The molecule has 0 fully saturated rings. The van der Waals surface area contributed by atoms with Gasteiger partial charge in [0.1, 0.15) is 0 Å². The third-order valence-corrected chi connectivity index (χ3v) is 5.64. The van der Waals surface area contributed by atoms with Gasteiger partial charge in [-0.15, -0.1) is 0 Å². The second-order valence-electron chi connectivity index (χ2n) is 5.38. The van der Waals surface area contributed by atoms with E-state index in [-0.39, 0.29) is 16.8 Å². The first kappa shape index (κ1) is 20.4. The van der Waals surface area contributed by atoms with Crippen molar-refractivity contribution in [3.05, 3.63) is 0 Å². The molecule has 0 radical (unpaired) electrons. The fourth-order valence-corrected chi connectivity index (χ4v) is 3.66. The Hall–Kier alpha value is -0.560. The molecule has 0 unspecified atom stereocenters. The maximum absolute atomic E-state index is 11.9. The van der Waals surface area contributed by atoms with Crippen LogP contribution in [0.1, 0.15) is 40.5 Å². The number of methoxy groups -OCH3 is 1. The molecule has 0 rings (SSSR count). The lowest BCUT2D eigenvalue weighted by Crippen LogP contribution is -2.34. The summed E-state index contributed by atoms with van der Waals surface area (Å²) in [6.07, 6.45) is 0.586. The average molecular weight is 338 g/mol. The second-order valence-corrected chi connectivity index (χ2v) is 8.63. The molecule has 0 N–H and O–H groups in total. The Morgan fingerprint density at radius 1 is 1.19 bits per heavy atom. The highest BCUT2D eigenvalue weighted by Gasteiger charge is 2.16.